The Labute approximate surface area is 106 Å². The monoisotopic (exact) mass is 234 g/mol. The van der Waals surface area contributed by atoms with E-state index < -0.39 is 0 Å². The van der Waals surface area contributed by atoms with Crippen LogP contribution < -0.4 is 5.32 Å². The highest BCUT2D eigenvalue weighted by molar-refractivity contribution is 5.23. The molecule has 0 amide bonds. The zero-order valence-electron chi connectivity index (χ0n) is 11.8. The van der Waals surface area contributed by atoms with E-state index in [9.17, 15) is 0 Å². The summed E-state index contributed by atoms with van der Waals surface area (Å²) in [7, 11) is 4.33. The van der Waals surface area contributed by atoms with E-state index >= 15 is 0 Å². The van der Waals surface area contributed by atoms with E-state index in [1.54, 1.807) is 0 Å². The van der Waals surface area contributed by atoms with Gasteiger partial charge in [-0.1, -0.05) is 44.2 Å². The highest BCUT2D eigenvalue weighted by Crippen LogP contribution is 2.32. The maximum absolute atomic E-state index is 3.63. The van der Waals surface area contributed by atoms with Crippen LogP contribution in [0.5, 0.6) is 0 Å². The first-order chi connectivity index (χ1) is 8.06. The third-order valence-corrected chi connectivity index (χ3v) is 3.90. The Kier molecular flexibility index (Phi) is 5.16. The molecular weight excluding hydrogens is 208 g/mol. The second kappa shape index (κ2) is 6.18. The van der Waals surface area contributed by atoms with Crippen molar-refractivity contribution in [1.29, 1.82) is 0 Å². The minimum atomic E-state index is 0.136. The van der Waals surface area contributed by atoms with Crippen molar-refractivity contribution in [2.45, 2.75) is 38.8 Å². The number of nitrogens with one attached hydrogen (secondary N) is 1. The van der Waals surface area contributed by atoms with E-state index in [0.29, 0.717) is 6.04 Å². The van der Waals surface area contributed by atoms with E-state index in [0.717, 1.165) is 13.0 Å². The van der Waals surface area contributed by atoms with E-state index in [1.165, 1.54) is 5.56 Å². The molecule has 0 bridgehead atoms. The van der Waals surface area contributed by atoms with E-state index in [4.69, 9.17) is 0 Å². The van der Waals surface area contributed by atoms with Crippen LogP contribution in [0.15, 0.2) is 30.3 Å². The second-order valence-electron chi connectivity index (χ2n) is 5.01. The first kappa shape index (κ1) is 14.2. The molecule has 1 aromatic carbocycles. The molecule has 1 rings (SSSR count). The molecule has 0 saturated carbocycles. The largest absolute Gasteiger partial charge is 0.309 e. The summed E-state index contributed by atoms with van der Waals surface area (Å²) in [6.45, 7) is 7.74. The summed E-state index contributed by atoms with van der Waals surface area (Å²) in [4.78, 5) is 2.33. The van der Waals surface area contributed by atoms with Gasteiger partial charge >= 0.3 is 0 Å². The van der Waals surface area contributed by atoms with Gasteiger partial charge in [0.25, 0.3) is 0 Å². The highest BCUT2D eigenvalue weighted by Gasteiger charge is 2.34. The molecule has 0 fully saturated rings. The van der Waals surface area contributed by atoms with E-state index in [2.05, 4.69) is 75.4 Å². The van der Waals surface area contributed by atoms with Gasteiger partial charge in [0.2, 0.25) is 0 Å². The Morgan fingerprint density at radius 3 is 2.18 bits per heavy atom. The number of hydrogen-bond donors (Lipinski definition) is 1. The van der Waals surface area contributed by atoms with Crippen molar-refractivity contribution in [2.24, 2.45) is 0 Å². The van der Waals surface area contributed by atoms with Crippen LogP contribution in [-0.2, 0) is 0 Å². The Hall–Kier alpha value is -0.860. The predicted molar refractivity (Wildman–Crippen MR) is 75.2 cm³/mol. The van der Waals surface area contributed by atoms with E-state index in [1.807, 2.05) is 0 Å². The molecule has 0 heterocycles. The van der Waals surface area contributed by atoms with Crippen LogP contribution in [-0.4, -0.2) is 31.1 Å². The van der Waals surface area contributed by atoms with Gasteiger partial charge in [0, 0.05) is 5.54 Å². The van der Waals surface area contributed by atoms with Crippen molar-refractivity contribution in [3.63, 3.8) is 0 Å². The molecule has 0 radical (unpaired) electrons. The van der Waals surface area contributed by atoms with Gasteiger partial charge in [-0.3, -0.25) is 0 Å². The summed E-state index contributed by atoms with van der Waals surface area (Å²) in [5, 5.41) is 3.63. The van der Waals surface area contributed by atoms with Gasteiger partial charge in [-0.2, -0.15) is 0 Å². The summed E-state index contributed by atoms with van der Waals surface area (Å²) in [6, 6.07) is 11.1. The molecule has 1 N–H and O–H groups in total. The summed E-state index contributed by atoms with van der Waals surface area (Å²) >= 11 is 0. The predicted octanol–water partition coefficient (Wildman–Crippen LogP) is 3.07. The topological polar surface area (TPSA) is 15.3 Å². The lowest BCUT2D eigenvalue weighted by Gasteiger charge is -2.43. The second-order valence-corrected chi connectivity index (χ2v) is 5.01. The fraction of sp³-hybridized carbons (Fsp3) is 0.600. The standard InChI is InChI=1S/C15H26N2/c1-6-15(3,17(4)5)14(16-7-2)13-11-9-8-10-12-13/h8-12,14,16H,6-7H2,1-5H3. The number of nitrogens with zero attached hydrogens (tertiary/aromatic N) is 1. The summed E-state index contributed by atoms with van der Waals surface area (Å²) in [5.41, 5.74) is 1.50. The molecule has 2 unspecified atom stereocenters. The van der Waals surface area contributed by atoms with Crippen molar-refractivity contribution in [3.05, 3.63) is 35.9 Å². The molecule has 96 valence electrons. The zero-order chi connectivity index (χ0) is 12.9. The first-order valence-electron chi connectivity index (χ1n) is 6.52. The summed E-state index contributed by atoms with van der Waals surface area (Å²) in [5.74, 6) is 0. The molecule has 1 aromatic rings. The van der Waals surface area contributed by atoms with Gasteiger partial charge in [-0.05, 0) is 39.5 Å². The minimum Gasteiger partial charge on any atom is -0.309 e. The number of rotatable bonds is 6. The van der Waals surface area contributed by atoms with Crippen LogP contribution >= 0.6 is 0 Å². The maximum Gasteiger partial charge on any atom is 0.0504 e. The molecule has 0 aliphatic heterocycles. The van der Waals surface area contributed by atoms with Gasteiger partial charge in [0.05, 0.1) is 6.04 Å². The molecule has 0 saturated heterocycles. The average Bonchev–Trinajstić information content (AvgIpc) is 2.36. The third kappa shape index (κ3) is 3.08. The molecule has 2 heteroatoms. The molecular formula is C15H26N2. The van der Waals surface area contributed by atoms with Gasteiger partial charge in [-0.15, -0.1) is 0 Å². The zero-order valence-corrected chi connectivity index (χ0v) is 11.8. The smallest absolute Gasteiger partial charge is 0.0504 e. The van der Waals surface area contributed by atoms with Crippen molar-refractivity contribution in [3.8, 4) is 0 Å². The number of benzene rings is 1. The third-order valence-electron chi connectivity index (χ3n) is 3.90. The minimum absolute atomic E-state index is 0.136. The maximum atomic E-state index is 3.63. The lowest BCUT2D eigenvalue weighted by Crippen LogP contribution is -2.51. The van der Waals surface area contributed by atoms with Crippen LogP contribution in [0.2, 0.25) is 0 Å². The lowest BCUT2D eigenvalue weighted by atomic mass is 9.83. The van der Waals surface area contributed by atoms with Crippen molar-refractivity contribution in [1.82, 2.24) is 10.2 Å². The Bertz CT molecular complexity index is 321. The van der Waals surface area contributed by atoms with Gasteiger partial charge in [0.15, 0.2) is 0 Å². The van der Waals surface area contributed by atoms with E-state index in [-0.39, 0.29) is 5.54 Å². The number of hydrogen-bond acceptors (Lipinski definition) is 2. The molecule has 17 heavy (non-hydrogen) atoms. The van der Waals surface area contributed by atoms with Crippen molar-refractivity contribution < 1.29 is 0 Å². The van der Waals surface area contributed by atoms with Gasteiger partial charge < -0.3 is 10.2 Å². The van der Waals surface area contributed by atoms with Crippen LogP contribution in [0.4, 0.5) is 0 Å². The quantitative estimate of drug-likeness (QED) is 0.814. The van der Waals surface area contributed by atoms with Crippen LogP contribution in [0.3, 0.4) is 0 Å². The Morgan fingerprint density at radius 2 is 1.76 bits per heavy atom. The van der Waals surface area contributed by atoms with Crippen molar-refractivity contribution in [2.75, 3.05) is 20.6 Å². The fourth-order valence-corrected chi connectivity index (χ4v) is 2.32. The van der Waals surface area contributed by atoms with Gasteiger partial charge in [-0.25, -0.2) is 0 Å². The molecule has 2 nitrogen and oxygen atoms in total. The molecule has 0 aliphatic rings. The Balaban J connectivity index is 3.08. The molecule has 0 spiro atoms. The summed E-state index contributed by atoms with van der Waals surface area (Å²) in [6.07, 6.45) is 1.12. The fourth-order valence-electron chi connectivity index (χ4n) is 2.32. The van der Waals surface area contributed by atoms with Crippen molar-refractivity contribution >= 4 is 0 Å². The van der Waals surface area contributed by atoms with Crippen LogP contribution in [0, 0.1) is 0 Å². The summed E-state index contributed by atoms with van der Waals surface area (Å²) < 4.78 is 0. The number of likely N-dealkylation sites (N-methyl/N-ethyl adjacent to an activating group) is 2. The lowest BCUT2D eigenvalue weighted by molar-refractivity contribution is 0.113. The Morgan fingerprint density at radius 1 is 1.18 bits per heavy atom. The normalized spacial score (nSPS) is 16.8. The molecule has 0 aliphatic carbocycles. The van der Waals surface area contributed by atoms with Crippen LogP contribution in [0.1, 0.15) is 38.8 Å². The van der Waals surface area contributed by atoms with Crippen LogP contribution in [0.25, 0.3) is 0 Å². The average molecular weight is 234 g/mol. The molecule has 2 atom stereocenters. The highest BCUT2D eigenvalue weighted by atomic mass is 15.2. The first-order valence-corrected chi connectivity index (χ1v) is 6.52. The SMILES string of the molecule is CCNC(c1ccccc1)C(C)(CC)N(C)C. The van der Waals surface area contributed by atoms with Gasteiger partial charge in [0.1, 0.15) is 0 Å². The molecule has 0 aromatic heterocycles.